The third-order valence-electron chi connectivity index (χ3n) is 3.16. The highest BCUT2D eigenvalue weighted by atomic mass is 32.2. The van der Waals surface area contributed by atoms with Crippen molar-refractivity contribution in [1.29, 1.82) is 0 Å². The molecule has 2 aromatic carbocycles. The molecule has 5 heteroatoms. The van der Waals surface area contributed by atoms with E-state index in [1.165, 1.54) is 16.0 Å². The van der Waals surface area contributed by atoms with Crippen LogP contribution in [0.15, 0.2) is 47.4 Å². The number of benzene rings is 2. The Kier molecular flexibility index (Phi) is 5.25. The van der Waals surface area contributed by atoms with Crippen LogP contribution in [0, 0.1) is 6.92 Å². The molecule has 2 aromatic rings. The molecule has 21 heavy (non-hydrogen) atoms. The van der Waals surface area contributed by atoms with Gasteiger partial charge in [0.05, 0.1) is 6.42 Å². The molecule has 4 nitrogen and oxygen atoms in total. The Hall–Kier alpha value is -1.98. The molecule has 0 aliphatic rings. The Bertz CT molecular complexity index is 626. The summed E-state index contributed by atoms with van der Waals surface area (Å²) in [5, 5.41) is 0. The second-order valence-electron chi connectivity index (χ2n) is 4.87. The predicted octanol–water partition coefficient (Wildman–Crippen LogP) is 2.40. The maximum absolute atomic E-state index is 11.2. The van der Waals surface area contributed by atoms with Crippen LogP contribution >= 0.6 is 11.8 Å². The first-order chi connectivity index (χ1) is 10.1. The van der Waals surface area contributed by atoms with Gasteiger partial charge in [-0.3, -0.25) is 10.2 Å². The van der Waals surface area contributed by atoms with Gasteiger partial charge in [-0.05, 0) is 35.7 Å². The zero-order valence-corrected chi connectivity index (χ0v) is 12.7. The van der Waals surface area contributed by atoms with Gasteiger partial charge in [-0.25, -0.2) is 5.84 Å². The normalized spacial score (nSPS) is 10.4. The second-order valence-corrected chi connectivity index (χ2v) is 5.89. The van der Waals surface area contributed by atoms with Crippen molar-refractivity contribution in [3.05, 3.63) is 59.2 Å². The number of thioether (sulfide) groups is 1. The molecular weight excluding hydrogens is 282 g/mol. The van der Waals surface area contributed by atoms with Crippen molar-refractivity contribution in [3.63, 3.8) is 0 Å². The maximum Gasteiger partial charge on any atom is 0.238 e. The van der Waals surface area contributed by atoms with Gasteiger partial charge in [0.2, 0.25) is 5.91 Å². The topological polar surface area (TPSA) is 81.1 Å². The minimum absolute atomic E-state index is 0.187. The molecule has 0 saturated carbocycles. The number of nitrogen functional groups attached to an aromatic ring is 1. The quantitative estimate of drug-likeness (QED) is 0.260. The average molecular weight is 301 g/mol. The van der Waals surface area contributed by atoms with Crippen molar-refractivity contribution < 1.29 is 4.79 Å². The van der Waals surface area contributed by atoms with Crippen LogP contribution < -0.4 is 17.0 Å². The highest BCUT2D eigenvalue weighted by molar-refractivity contribution is 7.98. The van der Waals surface area contributed by atoms with Gasteiger partial charge < -0.3 is 5.73 Å². The third kappa shape index (κ3) is 4.51. The monoisotopic (exact) mass is 301 g/mol. The summed E-state index contributed by atoms with van der Waals surface area (Å²) in [6, 6.07) is 13.9. The van der Waals surface area contributed by atoms with Crippen LogP contribution in [0.25, 0.3) is 0 Å². The fourth-order valence-corrected chi connectivity index (χ4v) is 2.95. The lowest BCUT2D eigenvalue weighted by Gasteiger charge is -2.07. The number of rotatable bonds is 5. The van der Waals surface area contributed by atoms with Crippen molar-refractivity contribution in [2.24, 2.45) is 5.84 Å². The number of amides is 1. The van der Waals surface area contributed by atoms with E-state index in [0.717, 1.165) is 17.0 Å². The van der Waals surface area contributed by atoms with Crippen LogP contribution in [0.3, 0.4) is 0 Å². The number of hydrogen-bond donors (Lipinski definition) is 3. The van der Waals surface area contributed by atoms with Crippen molar-refractivity contribution in [2.75, 3.05) is 5.73 Å². The lowest BCUT2D eigenvalue weighted by molar-refractivity contribution is -0.120. The van der Waals surface area contributed by atoms with Gasteiger partial charge in [-0.1, -0.05) is 30.3 Å². The van der Waals surface area contributed by atoms with E-state index in [1.54, 1.807) is 11.8 Å². The standard InChI is InChI=1S/C16H19N3OS/c1-11-2-7-14(17)9-15(11)21-10-13-5-3-12(4-6-13)8-16(20)19-18/h2-7,9H,8,10,17-18H2,1H3,(H,19,20). The molecule has 5 N–H and O–H groups in total. The number of nitrogens with two attached hydrogens (primary N) is 2. The predicted molar refractivity (Wildman–Crippen MR) is 87.6 cm³/mol. The SMILES string of the molecule is Cc1ccc(N)cc1SCc1ccc(CC(=O)NN)cc1. The van der Waals surface area contributed by atoms with Gasteiger partial charge in [0.15, 0.2) is 0 Å². The molecule has 0 unspecified atom stereocenters. The lowest BCUT2D eigenvalue weighted by atomic mass is 10.1. The molecule has 0 aromatic heterocycles. The van der Waals surface area contributed by atoms with E-state index < -0.39 is 0 Å². The number of anilines is 1. The van der Waals surface area contributed by atoms with Crippen molar-refractivity contribution in [3.8, 4) is 0 Å². The summed E-state index contributed by atoms with van der Waals surface area (Å²) in [6.45, 7) is 2.08. The summed E-state index contributed by atoms with van der Waals surface area (Å²) in [5.41, 5.74) is 12.1. The Morgan fingerprint density at radius 1 is 1.14 bits per heavy atom. The van der Waals surface area contributed by atoms with Crippen LogP contribution in [0.4, 0.5) is 5.69 Å². The van der Waals surface area contributed by atoms with Crippen LogP contribution in [0.1, 0.15) is 16.7 Å². The highest BCUT2D eigenvalue weighted by Gasteiger charge is 2.03. The van der Waals surface area contributed by atoms with E-state index in [-0.39, 0.29) is 5.91 Å². The molecule has 0 spiro atoms. The molecule has 0 aliphatic heterocycles. The van der Waals surface area contributed by atoms with E-state index in [2.05, 4.69) is 12.3 Å². The second kappa shape index (κ2) is 7.15. The largest absolute Gasteiger partial charge is 0.399 e. The molecule has 0 saturated heterocycles. The van der Waals surface area contributed by atoms with E-state index >= 15 is 0 Å². The minimum Gasteiger partial charge on any atom is -0.399 e. The van der Waals surface area contributed by atoms with Crippen LogP contribution in [-0.4, -0.2) is 5.91 Å². The van der Waals surface area contributed by atoms with Crippen LogP contribution in [0.5, 0.6) is 0 Å². The summed E-state index contributed by atoms with van der Waals surface area (Å²) >= 11 is 1.76. The zero-order chi connectivity index (χ0) is 15.2. The first-order valence-electron chi connectivity index (χ1n) is 6.64. The number of aryl methyl sites for hydroxylation is 1. The number of hydrogen-bond acceptors (Lipinski definition) is 4. The summed E-state index contributed by atoms with van der Waals surface area (Å²) < 4.78 is 0. The van der Waals surface area contributed by atoms with Crippen molar-refractivity contribution in [1.82, 2.24) is 5.43 Å². The Morgan fingerprint density at radius 2 is 1.81 bits per heavy atom. The lowest BCUT2D eigenvalue weighted by Crippen LogP contribution is -2.31. The number of carbonyl (C=O) groups excluding carboxylic acids is 1. The van der Waals surface area contributed by atoms with Gasteiger partial charge in [0, 0.05) is 16.3 Å². The molecular formula is C16H19N3OS. The molecule has 2 rings (SSSR count). The number of hydrazine groups is 1. The Labute approximate surface area is 128 Å². The van der Waals surface area contributed by atoms with Crippen LogP contribution in [-0.2, 0) is 17.0 Å². The average Bonchev–Trinajstić information content (AvgIpc) is 2.49. The molecule has 0 radical (unpaired) electrons. The van der Waals surface area contributed by atoms with E-state index in [4.69, 9.17) is 11.6 Å². The van der Waals surface area contributed by atoms with Gasteiger partial charge in [-0.2, -0.15) is 0 Å². The summed E-state index contributed by atoms with van der Waals surface area (Å²) in [7, 11) is 0. The van der Waals surface area contributed by atoms with E-state index in [0.29, 0.717) is 6.42 Å². The van der Waals surface area contributed by atoms with Crippen LogP contribution in [0.2, 0.25) is 0 Å². The van der Waals surface area contributed by atoms with Gasteiger partial charge >= 0.3 is 0 Å². The van der Waals surface area contributed by atoms with E-state index in [9.17, 15) is 4.79 Å². The first-order valence-corrected chi connectivity index (χ1v) is 7.63. The highest BCUT2D eigenvalue weighted by Crippen LogP contribution is 2.27. The summed E-state index contributed by atoms with van der Waals surface area (Å²) in [4.78, 5) is 12.4. The van der Waals surface area contributed by atoms with Gasteiger partial charge in [0.1, 0.15) is 0 Å². The smallest absolute Gasteiger partial charge is 0.238 e. The number of carbonyl (C=O) groups is 1. The maximum atomic E-state index is 11.2. The minimum atomic E-state index is -0.187. The molecule has 0 aliphatic carbocycles. The molecule has 1 amide bonds. The van der Waals surface area contributed by atoms with Gasteiger partial charge in [-0.15, -0.1) is 11.8 Å². The van der Waals surface area contributed by atoms with Crippen molar-refractivity contribution in [2.45, 2.75) is 24.0 Å². The number of nitrogens with one attached hydrogen (secondary N) is 1. The summed E-state index contributed by atoms with van der Waals surface area (Å²) in [6.07, 6.45) is 0.304. The molecule has 0 heterocycles. The summed E-state index contributed by atoms with van der Waals surface area (Å²) in [5.74, 6) is 5.76. The van der Waals surface area contributed by atoms with Gasteiger partial charge in [0.25, 0.3) is 0 Å². The Morgan fingerprint density at radius 3 is 2.48 bits per heavy atom. The molecule has 0 fully saturated rings. The third-order valence-corrected chi connectivity index (χ3v) is 4.38. The zero-order valence-electron chi connectivity index (χ0n) is 11.9. The van der Waals surface area contributed by atoms with Crippen molar-refractivity contribution >= 4 is 23.4 Å². The molecule has 0 bridgehead atoms. The fraction of sp³-hybridized carbons (Fsp3) is 0.188. The van der Waals surface area contributed by atoms with E-state index in [1.807, 2.05) is 42.5 Å². The fourth-order valence-electron chi connectivity index (χ4n) is 1.92. The Balaban J connectivity index is 1.97. The molecule has 110 valence electrons. The first kappa shape index (κ1) is 15.4. The molecule has 0 atom stereocenters.